The van der Waals surface area contributed by atoms with E-state index in [9.17, 15) is 19.2 Å². The second-order valence-corrected chi connectivity index (χ2v) is 21.2. The number of pyridine rings is 1. The van der Waals surface area contributed by atoms with Gasteiger partial charge in [-0.3, -0.25) is 24.4 Å². The Morgan fingerprint density at radius 1 is 1.12 bits per heavy atom. The minimum absolute atomic E-state index is 0.0465. The van der Waals surface area contributed by atoms with E-state index in [0.717, 1.165) is 64.1 Å². The summed E-state index contributed by atoms with van der Waals surface area (Å²) >= 11 is 1.42. The molecule has 3 aromatic heterocycles. The Bertz CT molecular complexity index is 2400. The fourth-order valence-electron chi connectivity index (χ4n) is 9.83. The topological polar surface area (TPSA) is 154 Å². The zero-order chi connectivity index (χ0) is 47.0. The van der Waals surface area contributed by atoms with E-state index >= 15 is 0 Å². The summed E-state index contributed by atoms with van der Waals surface area (Å²) in [7, 11) is 11.1. The third-order valence-corrected chi connectivity index (χ3v) is 14.5. The second kappa shape index (κ2) is 19.7. The molecule has 17 heteroatoms. The predicted molar refractivity (Wildman–Crippen MR) is 254 cm³/mol. The molecule has 6 heterocycles. The minimum atomic E-state index is -1.40. The Morgan fingerprint density at radius 2 is 1.89 bits per heavy atom. The highest BCUT2D eigenvalue weighted by Crippen LogP contribution is 2.42. The third kappa shape index (κ3) is 10.0. The summed E-state index contributed by atoms with van der Waals surface area (Å²) in [6.45, 7) is 14.6. The van der Waals surface area contributed by atoms with Gasteiger partial charge in [0, 0.05) is 91.8 Å². The van der Waals surface area contributed by atoms with Crippen LogP contribution < -0.4 is 10.7 Å². The molecule has 3 aliphatic heterocycles. The first kappa shape index (κ1) is 48.3. The number of thiazole rings is 1. The number of amides is 4. The number of likely N-dealkylation sites (N-methyl/N-ethyl adjacent to an activating group) is 2. The lowest BCUT2D eigenvalue weighted by Crippen LogP contribution is -2.67. The number of carbonyl (C=O) groups excluding carboxylic acids is 4. The van der Waals surface area contributed by atoms with E-state index in [1.54, 1.807) is 20.4 Å². The molecule has 0 aliphatic carbocycles. The number of hydrogen-bond donors (Lipinski definition) is 2. The summed E-state index contributed by atoms with van der Waals surface area (Å²) in [5, 5.41) is 6.78. The van der Waals surface area contributed by atoms with Crippen molar-refractivity contribution in [3.63, 3.8) is 0 Å². The van der Waals surface area contributed by atoms with Crippen molar-refractivity contribution in [2.45, 2.75) is 116 Å². The number of esters is 1. The van der Waals surface area contributed by atoms with Gasteiger partial charge >= 0.3 is 12.0 Å². The first-order chi connectivity index (χ1) is 30.9. The van der Waals surface area contributed by atoms with E-state index in [1.807, 2.05) is 51.2 Å². The largest absolute Gasteiger partial charge is 0.464 e. The molecule has 349 valence electrons. The quantitative estimate of drug-likeness (QED) is 0.147. The van der Waals surface area contributed by atoms with E-state index in [2.05, 4.69) is 75.5 Å². The Balaban J connectivity index is 1.29. The maximum absolute atomic E-state index is 14.8. The number of urea groups is 1. The van der Waals surface area contributed by atoms with Gasteiger partial charge in [-0.2, -0.15) is 0 Å². The molecule has 15 nitrogen and oxygen atoms in total. The number of hydrogen-bond acceptors (Lipinski definition) is 11. The zero-order valence-corrected chi connectivity index (χ0v) is 41.5. The van der Waals surface area contributed by atoms with Gasteiger partial charge in [-0.15, -0.1) is 11.3 Å². The number of rotatable bonds is 10. The first-order valence-electron chi connectivity index (χ1n) is 22.9. The van der Waals surface area contributed by atoms with Gasteiger partial charge in [-0.25, -0.2) is 15.2 Å². The molecule has 65 heavy (non-hydrogen) atoms. The van der Waals surface area contributed by atoms with Crippen molar-refractivity contribution in [3.05, 3.63) is 58.2 Å². The molecule has 6 bridgehead atoms. The standard InChI is InChI=1S/C48H66N9O6SSi/c1-11-55-38-18-17-31-23-34(38)35(42(55)33-16-12-20-49-40(33)30(4)62-10)25-47(5,6)28-63-45(60)48(65)19-14-22-57(52-48)44(59)36(24-39-50-37(31)27-64-39)51-43(58)41(29(2)3)54(9)46(61)56-21-13-15-32(56)26-53(7)8/h12,16-18,20,23,27,29-30,32,36,41,52H,11,13-15,19,21-22,24-26,28H2,1-10H3,(H,51,58)/t30-,32-,36-,41-,48-/m0/s1. The maximum Gasteiger partial charge on any atom is 0.323 e. The van der Waals surface area contributed by atoms with Gasteiger partial charge in [0.05, 0.1) is 45.0 Å². The van der Waals surface area contributed by atoms with E-state index in [0.29, 0.717) is 43.9 Å². The van der Waals surface area contributed by atoms with E-state index in [-0.39, 0.29) is 37.1 Å². The molecule has 1 aromatic carbocycles. The van der Waals surface area contributed by atoms with E-state index in [1.165, 1.54) is 21.2 Å². The van der Waals surface area contributed by atoms with Crippen LogP contribution in [0.1, 0.15) is 89.6 Å². The highest BCUT2D eigenvalue weighted by Gasteiger charge is 2.44. The number of hydrazine groups is 1. The number of methoxy groups -OCH3 is 1. The monoisotopic (exact) mass is 924 g/mol. The van der Waals surface area contributed by atoms with Crippen LogP contribution in [-0.4, -0.2) is 146 Å². The molecule has 0 spiro atoms. The average Bonchev–Trinajstić information content (AvgIpc) is 4.01. The highest BCUT2D eigenvalue weighted by atomic mass is 32.1. The summed E-state index contributed by atoms with van der Waals surface area (Å²) in [6, 6.07) is 8.35. The molecule has 0 unspecified atom stereocenters. The fourth-order valence-corrected chi connectivity index (χ4v) is 11.1. The molecule has 4 amide bonds. The van der Waals surface area contributed by atoms with Gasteiger partial charge in [0.25, 0.3) is 5.91 Å². The smallest absolute Gasteiger partial charge is 0.323 e. The van der Waals surface area contributed by atoms with Gasteiger partial charge < -0.3 is 34.1 Å². The van der Waals surface area contributed by atoms with E-state index < -0.39 is 40.4 Å². The van der Waals surface area contributed by atoms with Crippen molar-refractivity contribution in [2.24, 2.45) is 11.3 Å². The zero-order valence-electron chi connectivity index (χ0n) is 39.7. The lowest BCUT2D eigenvalue weighted by Gasteiger charge is -2.41. The van der Waals surface area contributed by atoms with Crippen LogP contribution in [0, 0.1) is 11.3 Å². The van der Waals surface area contributed by atoms with Gasteiger partial charge in [0.2, 0.25) is 5.91 Å². The molecule has 7 rings (SSSR count). The van der Waals surface area contributed by atoms with Crippen molar-refractivity contribution in [3.8, 4) is 22.5 Å². The maximum atomic E-state index is 14.8. The van der Waals surface area contributed by atoms with Crippen molar-refractivity contribution in [2.75, 3.05) is 54.5 Å². The number of ether oxygens (including phenoxy) is 2. The third-order valence-electron chi connectivity index (χ3n) is 13.1. The van der Waals surface area contributed by atoms with Crippen LogP contribution in [0.3, 0.4) is 0 Å². The molecule has 2 saturated heterocycles. The van der Waals surface area contributed by atoms with Crippen molar-refractivity contribution < 1.29 is 28.7 Å². The van der Waals surface area contributed by atoms with Gasteiger partial charge in [-0.05, 0) is 95.8 Å². The predicted octanol–water partition coefficient (Wildman–Crippen LogP) is 5.80. The Hall–Kier alpha value is -4.68. The van der Waals surface area contributed by atoms with Crippen molar-refractivity contribution in [1.29, 1.82) is 0 Å². The lowest BCUT2D eigenvalue weighted by molar-refractivity contribution is -0.158. The summed E-state index contributed by atoms with van der Waals surface area (Å²) in [5.41, 5.74) is 9.29. The second-order valence-electron chi connectivity index (χ2n) is 19.4. The van der Waals surface area contributed by atoms with Crippen LogP contribution in [0.4, 0.5) is 4.79 Å². The molecule has 2 N–H and O–H groups in total. The van der Waals surface area contributed by atoms with Crippen LogP contribution in [0.2, 0.25) is 0 Å². The average molecular weight is 925 g/mol. The fraction of sp³-hybridized carbons (Fsp3) is 0.583. The number of carbonyl (C=O) groups is 4. The molecule has 3 radical (unpaired) electrons. The number of benzene rings is 1. The number of nitrogens with zero attached hydrogens (tertiary/aromatic N) is 7. The van der Waals surface area contributed by atoms with E-state index in [4.69, 9.17) is 19.4 Å². The highest BCUT2D eigenvalue weighted by molar-refractivity contribution is 7.10. The normalized spacial score (nSPS) is 22.5. The van der Waals surface area contributed by atoms with Gasteiger partial charge in [0.1, 0.15) is 17.2 Å². The van der Waals surface area contributed by atoms with Crippen molar-refractivity contribution >= 4 is 56.3 Å². The number of fused-ring (bicyclic) bond motifs is 6. The molecule has 2 fully saturated rings. The number of likely N-dealkylation sites (tertiary alicyclic amines) is 1. The van der Waals surface area contributed by atoms with Crippen LogP contribution in [0.15, 0.2) is 41.9 Å². The SMILES string of the molecule is CCn1c(-c2cccnc2[C@H](C)OC)c2c3cc(ccc31)-c1csc(n1)C[C@H](NC(=O)[C@H](C(C)C)N(C)C(=O)N1CCC[C@H]1CN(C)C)C(=O)N1CCC[C@@]([Si])(N1)C(=O)OCC(C)(C)C2. The molecule has 3 aliphatic rings. The number of aryl methyl sites for hydroxylation is 1. The molecule has 4 aromatic rings. The molecule has 5 atom stereocenters. The number of nitrogens with one attached hydrogen (secondary N) is 2. The number of cyclic esters (lactones) is 1. The van der Waals surface area contributed by atoms with Crippen LogP contribution in [0.25, 0.3) is 33.4 Å². The molecule has 0 saturated carbocycles. The number of aromatic nitrogens is 3. The summed E-state index contributed by atoms with van der Waals surface area (Å²) in [4.78, 5) is 72.9. The van der Waals surface area contributed by atoms with Gasteiger partial charge in [-0.1, -0.05) is 33.8 Å². The Morgan fingerprint density at radius 3 is 2.60 bits per heavy atom. The van der Waals surface area contributed by atoms with Crippen LogP contribution >= 0.6 is 11.3 Å². The lowest BCUT2D eigenvalue weighted by atomic mass is 9.84. The Kier molecular flexibility index (Phi) is 14.6. The summed E-state index contributed by atoms with van der Waals surface area (Å²) < 4.78 is 14.3. The summed E-state index contributed by atoms with van der Waals surface area (Å²) in [6.07, 6.45) is 4.85. The summed E-state index contributed by atoms with van der Waals surface area (Å²) in [5.74, 6) is -1.67. The Labute approximate surface area is 391 Å². The van der Waals surface area contributed by atoms with Gasteiger partial charge in [0.15, 0.2) is 0 Å². The molecular formula is C48H66N9O6SSi. The van der Waals surface area contributed by atoms with Crippen molar-refractivity contribution in [1.82, 2.24) is 45.0 Å². The minimum Gasteiger partial charge on any atom is -0.464 e. The first-order valence-corrected chi connectivity index (χ1v) is 24.3. The van der Waals surface area contributed by atoms with Crippen LogP contribution in [0.5, 0.6) is 0 Å². The molecular weight excluding hydrogens is 859 g/mol. The van der Waals surface area contributed by atoms with Crippen LogP contribution in [-0.2, 0) is 43.2 Å².